The molecule has 0 bridgehead atoms. The van der Waals surface area contributed by atoms with Crippen molar-refractivity contribution in [2.45, 2.75) is 13.0 Å². The van der Waals surface area contributed by atoms with E-state index >= 15 is 0 Å². The summed E-state index contributed by atoms with van der Waals surface area (Å²) in [4.78, 5) is 0. The van der Waals surface area contributed by atoms with Gasteiger partial charge < -0.3 is 0 Å². The Balaban J connectivity index is 3.15. The third kappa shape index (κ3) is 5.49. The van der Waals surface area contributed by atoms with Gasteiger partial charge in [-0.25, -0.2) is 0 Å². The molecule has 1 N–H and O–H groups in total. The maximum atomic E-state index is 8.59. The molecule has 0 saturated heterocycles. The Bertz CT molecular complexity index is 92.0. The predicted octanol–water partition coefficient (Wildman–Crippen LogP) is -0.129. The van der Waals surface area contributed by atoms with Gasteiger partial charge in [0.1, 0.15) is 0 Å². The second kappa shape index (κ2) is 4.65. The number of aliphatic hydroxyl groups is 1. The molecule has 0 fully saturated rings. The van der Waals surface area contributed by atoms with Crippen molar-refractivity contribution >= 4 is 13.5 Å². The van der Waals surface area contributed by atoms with Crippen LogP contribution in [0.1, 0.15) is 6.92 Å². The fraction of sp³-hybridized carbons (Fsp3) is 0.750. The molecular formula is C4H9BN2O. The minimum absolute atomic E-state index is 0.353. The summed E-state index contributed by atoms with van der Waals surface area (Å²) in [6.07, 6.45) is -0.404. The minimum atomic E-state index is -0.404. The average molecular weight is 112 g/mol. The van der Waals surface area contributed by atoms with Crippen molar-refractivity contribution in [3.8, 4) is 0 Å². The topological polar surface area (TPSA) is 45.0 Å². The second-order valence-electron chi connectivity index (χ2n) is 1.47. The molecule has 0 radical (unpaired) electrons. The Morgan fingerprint density at radius 2 is 2.50 bits per heavy atom. The summed E-state index contributed by atoms with van der Waals surface area (Å²) < 4.78 is 0. The van der Waals surface area contributed by atoms with Gasteiger partial charge >= 0.3 is 48.3 Å². The zero-order valence-corrected chi connectivity index (χ0v) is 4.91. The average Bonchev–Trinajstić information content (AvgIpc) is 1.66. The monoisotopic (exact) mass is 112 g/mol. The first-order chi connectivity index (χ1) is 3.77. The molecule has 0 aliphatic carbocycles. The molecule has 0 heterocycles. The molecule has 8 heavy (non-hydrogen) atoms. The van der Waals surface area contributed by atoms with Crippen LogP contribution in [0.5, 0.6) is 0 Å². The second-order valence-corrected chi connectivity index (χ2v) is 1.47. The molecule has 0 aromatic carbocycles. The summed E-state index contributed by atoms with van der Waals surface area (Å²) in [6.45, 7) is 5.32. The van der Waals surface area contributed by atoms with Gasteiger partial charge in [-0.1, -0.05) is 0 Å². The van der Waals surface area contributed by atoms with Gasteiger partial charge in [-0.3, -0.25) is 0 Å². The summed E-state index contributed by atoms with van der Waals surface area (Å²) in [6, 6.07) is 0. The Labute approximate surface area is 49.4 Å². The van der Waals surface area contributed by atoms with E-state index in [-0.39, 0.29) is 0 Å². The van der Waals surface area contributed by atoms with Crippen LogP contribution in [-0.4, -0.2) is 31.3 Å². The Morgan fingerprint density at radius 1 is 1.88 bits per heavy atom. The van der Waals surface area contributed by atoms with Gasteiger partial charge in [0, 0.05) is 0 Å². The van der Waals surface area contributed by atoms with E-state index in [0.29, 0.717) is 6.54 Å². The van der Waals surface area contributed by atoms with Gasteiger partial charge in [0.2, 0.25) is 0 Å². The number of aliphatic hydroxyl groups excluding tert-OH is 1. The van der Waals surface area contributed by atoms with E-state index in [4.69, 9.17) is 5.11 Å². The molecule has 0 amide bonds. The van der Waals surface area contributed by atoms with Crippen molar-refractivity contribution in [3.63, 3.8) is 0 Å². The summed E-state index contributed by atoms with van der Waals surface area (Å²) in [5.74, 6) is 0. The van der Waals surface area contributed by atoms with Crippen LogP contribution in [0.3, 0.4) is 0 Å². The van der Waals surface area contributed by atoms with Gasteiger partial charge in [-0.05, 0) is 0 Å². The molecule has 0 rings (SSSR count). The normalized spacial score (nSPS) is 13.8. The SMILES string of the molecule is C=BN=NC[C@H](C)O. The van der Waals surface area contributed by atoms with Crippen LogP contribution in [0, 0.1) is 0 Å². The van der Waals surface area contributed by atoms with Crippen molar-refractivity contribution in [1.82, 2.24) is 0 Å². The van der Waals surface area contributed by atoms with Crippen molar-refractivity contribution in [2.24, 2.45) is 10.1 Å². The molecule has 0 unspecified atom stereocenters. The zero-order valence-electron chi connectivity index (χ0n) is 4.91. The number of nitrogens with zero attached hydrogens (tertiary/aromatic N) is 2. The van der Waals surface area contributed by atoms with Crippen LogP contribution in [0.25, 0.3) is 0 Å². The van der Waals surface area contributed by atoms with Crippen LogP contribution in [-0.2, 0) is 0 Å². The third-order valence-corrected chi connectivity index (χ3v) is 0.509. The van der Waals surface area contributed by atoms with Gasteiger partial charge in [0.25, 0.3) is 0 Å². The summed E-state index contributed by atoms with van der Waals surface area (Å²) in [7, 11) is 1.34. The van der Waals surface area contributed by atoms with Crippen molar-refractivity contribution in [2.75, 3.05) is 6.54 Å². The zero-order chi connectivity index (χ0) is 6.41. The molecule has 0 saturated carbocycles. The molecule has 0 aliphatic rings. The first-order valence-electron chi connectivity index (χ1n) is 2.43. The van der Waals surface area contributed by atoms with Crippen LogP contribution in [0.2, 0.25) is 0 Å². The molecule has 0 spiro atoms. The van der Waals surface area contributed by atoms with E-state index < -0.39 is 6.10 Å². The summed E-state index contributed by atoms with van der Waals surface area (Å²) in [5, 5.41) is 15.6. The first-order valence-corrected chi connectivity index (χ1v) is 2.43. The molecule has 3 nitrogen and oxygen atoms in total. The van der Waals surface area contributed by atoms with E-state index in [2.05, 4.69) is 16.6 Å². The van der Waals surface area contributed by atoms with Gasteiger partial charge in [0.05, 0.1) is 0 Å². The van der Waals surface area contributed by atoms with Gasteiger partial charge in [-0.15, -0.1) is 0 Å². The van der Waals surface area contributed by atoms with E-state index in [1.807, 2.05) is 0 Å². The van der Waals surface area contributed by atoms with E-state index in [9.17, 15) is 0 Å². The van der Waals surface area contributed by atoms with Crippen LogP contribution < -0.4 is 0 Å². The van der Waals surface area contributed by atoms with E-state index in [1.54, 1.807) is 6.92 Å². The first kappa shape index (κ1) is 7.49. The molecule has 44 valence electrons. The Kier molecular flexibility index (Phi) is 4.36. The molecule has 0 aromatic rings. The van der Waals surface area contributed by atoms with Crippen molar-refractivity contribution in [1.29, 1.82) is 0 Å². The third-order valence-electron chi connectivity index (χ3n) is 0.509. The molecule has 0 aromatic heterocycles. The Hall–Kier alpha value is -0.505. The predicted molar refractivity (Wildman–Crippen MR) is 34.3 cm³/mol. The van der Waals surface area contributed by atoms with Crippen molar-refractivity contribution < 1.29 is 5.11 Å². The van der Waals surface area contributed by atoms with E-state index in [0.717, 1.165) is 0 Å². The van der Waals surface area contributed by atoms with Crippen LogP contribution in [0.15, 0.2) is 10.1 Å². The number of rotatable bonds is 3. The van der Waals surface area contributed by atoms with E-state index in [1.165, 1.54) is 7.06 Å². The summed E-state index contributed by atoms with van der Waals surface area (Å²) >= 11 is 0. The standard InChI is InChI=1S/C4H9BN2O/c1-4(8)3-6-7-5-2/h4,8H,2-3H2,1H3/t4-/m0/s1. The quantitative estimate of drug-likeness (QED) is 0.401. The Morgan fingerprint density at radius 3 is 2.88 bits per heavy atom. The fourth-order valence-electron chi connectivity index (χ4n) is 0.223. The molecule has 1 atom stereocenters. The van der Waals surface area contributed by atoms with Crippen LogP contribution >= 0.6 is 0 Å². The fourth-order valence-corrected chi connectivity index (χ4v) is 0.223. The van der Waals surface area contributed by atoms with Crippen LogP contribution in [0.4, 0.5) is 0 Å². The molecule has 0 aliphatic heterocycles. The number of hydrogen-bond donors (Lipinski definition) is 1. The van der Waals surface area contributed by atoms with Gasteiger partial charge in [-0.2, -0.15) is 0 Å². The maximum absolute atomic E-state index is 8.59. The molecular weight excluding hydrogens is 103 g/mol. The molecule has 4 heteroatoms. The summed E-state index contributed by atoms with van der Waals surface area (Å²) in [5.41, 5.74) is 0. The number of hydrogen-bond acceptors (Lipinski definition) is 3. The van der Waals surface area contributed by atoms with Gasteiger partial charge in [0.15, 0.2) is 0 Å². The van der Waals surface area contributed by atoms with Crippen molar-refractivity contribution in [3.05, 3.63) is 0 Å².